The van der Waals surface area contributed by atoms with Crippen molar-refractivity contribution in [2.75, 3.05) is 0 Å². The molecule has 1 fully saturated rings. The molecule has 0 bridgehead atoms. The first-order valence-corrected chi connectivity index (χ1v) is 5.64. The molecule has 1 saturated carbocycles. The van der Waals surface area contributed by atoms with Crippen LogP contribution in [0.5, 0.6) is 0 Å². The normalized spacial score (nSPS) is 24.7. The maximum Gasteiger partial charge on any atom is 1.00 e. The zero-order chi connectivity index (χ0) is 10.1. The molecule has 78 valence electrons. The second-order valence-corrected chi connectivity index (χ2v) is 4.02. The fourth-order valence-corrected chi connectivity index (χ4v) is 2.23. The second-order valence-electron chi connectivity index (χ2n) is 4.02. The Balaban J connectivity index is 0. The van der Waals surface area contributed by atoms with E-state index in [0.29, 0.717) is 0 Å². The first-order valence-electron chi connectivity index (χ1n) is 5.64. The van der Waals surface area contributed by atoms with Gasteiger partial charge in [0.25, 0.3) is 0 Å². The molecule has 0 aromatic rings. The molecular formula is C13H25K. The standard InChI is InChI=1S/C11H21.C2H4.K/c1-3-4-5-8-11-9-6-7-10(11)2;1-2;/h10-11H,1,3-9H2,2H3;1-2H2;/q-1;;+1. The van der Waals surface area contributed by atoms with Crippen molar-refractivity contribution in [3.05, 3.63) is 20.1 Å². The van der Waals surface area contributed by atoms with Gasteiger partial charge in [-0.2, -0.15) is 6.42 Å². The third-order valence-electron chi connectivity index (χ3n) is 3.11. The van der Waals surface area contributed by atoms with Crippen LogP contribution in [0.3, 0.4) is 0 Å². The van der Waals surface area contributed by atoms with Crippen LogP contribution in [0, 0.1) is 18.8 Å². The van der Waals surface area contributed by atoms with Crippen molar-refractivity contribution in [3.8, 4) is 0 Å². The summed E-state index contributed by atoms with van der Waals surface area (Å²) in [7, 11) is 0. The fourth-order valence-electron chi connectivity index (χ4n) is 2.23. The van der Waals surface area contributed by atoms with E-state index in [9.17, 15) is 0 Å². The monoisotopic (exact) mass is 220 g/mol. The predicted molar refractivity (Wildman–Crippen MR) is 61.6 cm³/mol. The molecule has 1 aliphatic rings. The van der Waals surface area contributed by atoms with Crippen LogP contribution in [-0.4, -0.2) is 0 Å². The molecular weight excluding hydrogens is 195 g/mol. The van der Waals surface area contributed by atoms with E-state index in [-0.39, 0.29) is 51.4 Å². The average Bonchev–Trinajstić information content (AvgIpc) is 2.56. The first kappa shape index (κ1) is 17.8. The molecule has 0 spiro atoms. The number of rotatable bonds is 4. The quantitative estimate of drug-likeness (QED) is 0.292. The van der Waals surface area contributed by atoms with E-state index in [2.05, 4.69) is 27.0 Å². The van der Waals surface area contributed by atoms with E-state index < -0.39 is 0 Å². The zero-order valence-electron chi connectivity index (χ0n) is 10.2. The van der Waals surface area contributed by atoms with Gasteiger partial charge >= 0.3 is 51.4 Å². The molecule has 1 heteroatoms. The third kappa shape index (κ3) is 7.64. The molecule has 0 heterocycles. The van der Waals surface area contributed by atoms with Crippen LogP contribution in [0.15, 0.2) is 13.2 Å². The second kappa shape index (κ2) is 12.4. The van der Waals surface area contributed by atoms with Gasteiger partial charge in [-0.1, -0.05) is 45.4 Å². The summed E-state index contributed by atoms with van der Waals surface area (Å²) in [5.74, 6) is 2.07. The molecule has 0 aromatic carbocycles. The molecule has 1 aliphatic carbocycles. The van der Waals surface area contributed by atoms with Gasteiger partial charge in [-0.15, -0.1) is 13.2 Å². The predicted octanol–water partition coefficient (Wildman–Crippen LogP) is 1.62. The van der Waals surface area contributed by atoms with Gasteiger partial charge in [0.05, 0.1) is 0 Å². The van der Waals surface area contributed by atoms with Gasteiger partial charge in [-0.3, -0.25) is 0 Å². The minimum Gasteiger partial charge on any atom is -0.343 e. The van der Waals surface area contributed by atoms with Gasteiger partial charge in [-0.25, -0.2) is 0 Å². The number of hydrogen-bond acceptors (Lipinski definition) is 0. The van der Waals surface area contributed by atoms with Gasteiger partial charge < -0.3 is 6.92 Å². The third-order valence-corrected chi connectivity index (χ3v) is 3.11. The summed E-state index contributed by atoms with van der Waals surface area (Å²) >= 11 is 0. The molecule has 0 amide bonds. The van der Waals surface area contributed by atoms with Gasteiger partial charge in [-0.05, 0) is 11.8 Å². The smallest absolute Gasteiger partial charge is 0.343 e. The van der Waals surface area contributed by atoms with E-state index in [0.717, 1.165) is 18.3 Å². The summed E-state index contributed by atoms with van der Waals surface area (Å²) in [5, 5.41) is 0. The van der Waals surface area contributed by atoms with E-state index in [1.807, 2.05) is 0 Å². The van der Waals surface area contributed by atoms with E-state index in [1.54, 1.807) is 0 Å². The maximum absolute atomic E-state index is 3.87. The number of hydrogen-bond donors (Lipinski definition) is 0. The topological polar surface area (TPSA) is 0 Å². The van der Waals surface area contributed by atoms with Crippen molar-refractivity contribution in [1.82, 2.24) is 0 Å². The van der Waals surface area contributed by atoms with Crippen LogP contribution in [-0.2, 0) is 0 Å². The van der Waals surface area contributed by atoms with E-state index >= 15 is 0 Å². The molecule has 1 rings (SSSR count). The Kier molecular flexibility index (Phi) is 15.8. The Morgan fingerprint density at radius 1 is 1.21 bits per heavy atom. The SMILES string of the molecule is C=C.[CH2-]CCCCC1CCCC1C.[K+]. The summed E-state index contributed by atoms with van der Waals surface area (Å²) in [4.78, 5) is 0. The molecule has 0 radical (unpaired) electrons. The van der Waals surface area contributed by atoms with Crippen LogP contribution < -0.4 is 51.4 Å². The fraction of sp³-hybridized carbons (Fsp3) is 0.769. The Morgan fingerprint density at radius 2 is 1.86 bits per heavy atom. The molecule has 0 nitrogen and oxygen atoms in total. The van der Waals surface area contributed by atoms with Crippen LogP contribution in [0.25, 0.3) is 0 Å². The van der Waals surface area contributed by atoms with E-state index in [1.165, 1.54) is 38.5 Å². The molecule has 2 atom stereocenters. The minimum absolute atomic E-state index is 0. The van der Waals surface area contributed by atoms with Crippen molar-refractivity contribution in [2.45, 2.75) is 51.9 Å². The molecule has 0 saturated heterocycles. The summed E-state index contributed by atoms with van der Waals surface area (Å²) in [6.07, 6.45) is 9.81. The van der Waals surface area contributed by atoms with Crippen LogP contribution in [0.4, 0.5) is 0 Å². The molecule has 0 aromatic heterocycles. The van der Waals surface area contributed by atoms with Crippen molar-refractivity contribution in [3.63, 3.8) is 0 Å². The Hall–Kier alpha value is 1.38. The van der Waals surface area contributed by atoms with Gasteiger partial charge in [0.15, 0.2) is 0 Å². The van der Waals surface area contributed by atoms with Gasteiger partial charge in [0.2, 0.25) is 0 Å². The Morgan fingerprint density at radius 3 is 2.29 bits per heavy atom. The van der Waals surface area contributed by atoms with Gasteiger partial charge in [0, 0.05) is 0 Å². The van der Waals surface area contributed by atoms with Crippen LogP contribution >= 0.6 is 0 Å². The number of unbranched alkanes of at least 4 members (excludes halogenated alkanes) is 2. The van der Waals surface area contributed by atoms with Crippen LogP contribution in [0.1, 0.15) is 51.9 Å². The van der Waals surface area contributed by atoms with Crippen molar-refractivity contribution >= 4 is 0 Å². The Labute approximate surface area is 133 Å². The molecule has 14 heavy (non-hydrogen) atoms. The summed E-state index contributed by atoms with van der Waals surface area (Å²) < 4.78 is 0. The molecule has 2 unspecified atom stereocenters. The summed E-state index contributed by atoms with van der Waals surface area (Å²) in [5.41, 5.74) is 0. The largest absolute Gasteiger partial charge is 1.00 e. The van der Waals surface area contributed by atoms with Crippen molar-refractivity contribution < 1.29 is 51.4 Å². The summed E-state index contributed by atoms with van der Waals surface area (Å²) in [6.45, 7) is 12.3. The Bertz CT molecular complexity index is 112. The maximum atomic E-state index is 3.87. The van der Waals surface area contributed by atoms with Gasteiger partial charge in [0.1, 0.15) is 0 Å². The van der Waals surface area contributed by atoms with Crippen LogP contribution in [0.2, 0.25) is 0 Å². The first-order chi connectivity index (χ1) is 6.34. The molecule has 0 N–H and O–H groups in total. The van der Waals surface area contributed by atoms with Crippen molar-refractivity contribution in [1.29, 1.82) is 0 Å². The molecule has 0 aliphatic heterocycles. The minimum atomic E-state index is 0. The summed E-state index contributed by atoms with van der Waals surface area (Å²) in [6, 6.07) is 0. The average molecular weight is 220 g/mol. The zero-order valence-corrected chi connectivity index (χ0v) is 13.3. The van der Waals surface area contributed by atoms with Crippen molar-refractivity contribution in [2.24, 2.45) is 11.8 Å². The van der Waals surface area contributed by atoms with E-state index in [4.69, 9.17) is 0 Å².